The monoisotopic (exact) mass is 354 g/mol. The molecule has 26 heavy (non-hydrogen) atoms. The van der Waals surface area contributed by atoms with Gasteiger partial charge in [0, 0.05) is 11.1 Å². The average molecular weight is 354 g/mol. The molecule has 0 saturated heterocycles. The number of fused-ring (bicyclic) bond motifs is 1. The van der Waals surface area contributed by atoms with Gasteiger partial charge in [-0.3, -0.25) is 0 Å². The number of aryl methyl sites for hydroxylation is 1. The molecule has 0 aliphatic rings. The summed E-state index contributed by atoms with van der Waals surface area (Å²) < 4.78 is 43.4. The Balaban J connectivity index is 1.74. The molecule has 4 rings (SSSR count). The maximum Gasteiger partial charge on any atom is 0.416 e. The summed E-state index contributed by atoms with van der Waals surface area (Å²) in [6.07, 6.45) is -4.37. The van der Waals surface area contributed by atoms with E-state index in [9.17, 15) is 13.2 Å². The molecule has 0 spiro atoms. The molecule has 0 amide bonds. The van der Waals surface area contributed by atoms with Gasteiger partial charge in [0.05, 0.1) is 5.56 Å². The van der Waals surface area contributed by atoms with Crippen LogP contribution in [-0.4, -0.2) is 10.1 Å². The van der Waals surface area contributed by atoms with Crippen molar-refractivity contribution < 1.29 is 17.7 Å². The molecule has 0 unspecified atom stereocenters. The van der Waals surface area contributed by atoms with Crippen LogP contribution in [-0.2, 0) is 6.18 Å². The van der Waals surface area contributed by atoms with Crippen LogP contribution in [0.3, 0.4) is 0 Å². The van der Waals surface area contributed by atoms with Gasteiger partial charge in [-0.15, -0.1) is 0 Å². The van der Waals surface area contributed by atoms with Gasteiger partial charge in [-0.25, -0.2) is 0 Å². The lowest BCUT2D eigenvalue weighted by Crippen LogP contribution is -2.04. The molecule has 0 radical (unpaired) electrons. The first-order valence-electron chi connectivity index (χ1n) is 7.93. The fourth-order valence-electron chi connectivity index (χ4n) is 2.89. The Morgan fingerprint density at radius 3 is 2.23 bits per heavy atom. The van der Waals surface area contributed by atoms with Gasteiger partial charge in [0.2, 0.25) is 5.82 Å². The minimum Gasteiger partial charge on any atom is -0.334 e. The SMILES string of the molecule is Cc1ccc(-c2nc(-c3ccc(C(F)(F)F)cc3)no2)c2ccccc12. The van der Waals surface area contributed by atoms with E-state index in [0.717, 1.165) is 34.0 Å². The Hall–Kier alpha value is -3.15. The molecular formula is C20H13F3N2O. The highest BCUT2D eigenvalue weighted by Crippen LogP contribution is 2.32. The van der Waals surface area contributed by atoms with Crippen molar-refractivity contribution >= 4 is 10.8 Å². The van der Waals surface area contributed by atoms with Gasteiger partial charge in [-0.1, -0.05) is 47.6 Å². The zero-order valence-corrected chi connectivity index (χ0v) is 13.7. The molecule has 3 aromatic carbocycles. The molecule has 0 bridgehead atoms. The third-order valence-corrected chi connectivity index (χ3v) is 4.27. The van der Waals surface area contributed by atoms with Crippen LogP contribution >= 0.6 is 0 Å². The van der Waals surface area contributed by atoms with E-state index in [1.807, 2.05) is 43.3 Å². The van der Waals surface area contributed by atoms with Gasteiger partial charge >= 0.3 is 6.18 Å². The normalized spacial score (nSPS) is 11.8. The van der Waals surface area contributed by atoms with E-state index in [0.29, 0.717) is 11.5 Å². The van der Waals surface area contributed by atoms with Crippen molar-refractivity contribution in [2.75, 3.05) is 0 Å². The summed E-state index contributed by atoms with van der Waals surface area (Å²) in [7, 11) is 0. The Kier molecular flexibility index (Phi) is 3.76. The average Bonchev–Trinajstić information content (AvgIpc) is 3.11. The fourth-order valence-corrected chi connectivity index (χ4v) is 2.89. The maximum absolute atomic E-state index is 12.7. The number of nitrogens with zero attached hydrogens (tertiary/aromatic N) is 2. The highest BCUT2D eigenvalue weighted by Gasteiger charge is 2.30. The largest absolute Gasteiger partial charge is 0.416 e. The quantitative estimate of drug-likeness (QED) is 0.451. The van der Waals surface area contributed by atoms with Gasteiger partial charge in [-0.2, -0.15) is 18.2 Å². The standard InChI is InChI=1S/C20H13F3N2O/c1-12-6-11-17(16-5-3-2-4-15(12)16)19-24-18(25-26-19)13-7-9-14(10-8-13)20(21,22)23/h2-11H,1H3. The minimum absolute atomic E-state index is 0.249. The van der Waals surface area contributed by atoms with Crippen LogP contribution in [0.4, 0.5) is 13.2 Å². The second-order valence-electron chi connectivity index (χ2n) is 5.97. The van der Waals surface area contributed by atoms with Gasteiger partial charge in [0.1, 0.15) is 0 Å². The summed E-state index contributed by atoms with van der Waals surface area (Å²) in [4.78, 5) is 4.36. The first-order chi connectivity index (χ1) is 12.4. The molecule has 0 atom stereocenters. The summed E-state index contributed by atoms with van der Waals surface area (Å²) in [5.41, 5.74) is 1.67. The van der Waals surface area contributed by atoms with Crippen molar-refractivity contribution in [3.05, 3.63) is 71.8 Å². The second-order valence-corrected chi connectivity index (χ2v) is 5.97. The molecule has 0 aliphatic heterocycles. The molecule has 6 heteroatoms. The number of hydrogen-bond acceptors (Lipinski definition) is 3. The van der Waals surface area contributed by atoms with Crippen LogP contribution in [0, 0.1) is 6.92 Å². The second kappa shape index (κ2) is 5.98. The molecule has 0 fully saturated rings. The number of halogens is 3. The Morgan fingerprint density at radius 2 is 1.54 bits per heavy atom. The molecule has 1 heterocycles. The molecule has 4 aromatic rings. The lowest BCUT2D eigenvalue weighted by molar-refractivity contribution is -0.137. The smallest absolute Gasteiger partial charge is 0.334 e. The van der Waals surface area contributed by atoms with Crippen molar-refractivity contribution in [2.24, 2.45) is 0 Å². The summed E-state index contributed by atoms with van der Waals surface area (Å²) in [5.74, 6) is 0.578. The molecule has 0 saturated carbocycles. The number of alkyl halides is 3. The van der Waals surface area contributed by atoms with E-state index in [4.69, 9.17) is 4.52 Å². The number of aromatic nitrogens is 2. The van der Waals surface area contributed by atoms with Gasteiger partial charge < -0.3 is 4.52 Å². The number of hydrogen-bond donors (Lipinski definition) is 0. The molecule has 0 N–H and O–H groups in total. The third kappa shape index (κ3) is 2.83. The van der Waals surface area contributed by atoms with Crippen LogP contribution in [0.15, 0.2) is 65.2 Å². The predicted octanol–water partition coefficient (Wildman–Crippen LogP) is 5.88. The van der Waals surface area contributed by atoms with Crippen LogP contribution in [0.1, 0.15) is 11.1 Å². The summed E-state index contributed by atoms with van der Waals surface area (Å²) >= 11 is 0. The van der Waals surface area contributed by atoms with E-state index in [2.05, 4.69) is 10.1 Å². The summed E-state index contributed by atoms with van der Waals surface area (Å²) in [6.45, 7) is 2.02. The van der Waals surface area contributed by atoms with E-state index in [1.165, 1.54) is 12.1 Å². The van der Waals surface area contributed by atoms with Crippen LogP contribution in [0.2, 0.25) is 0 Å². The van der Waals surface area contributed by atoms with Crippen molar-refractivity contribution in [1.82, 2.24) is 10.1 Å². The zero-order valence-electron chi connectivity index (χ0n) is 13.7. The Morgan fingerprint density at radius 1 is 0.846 bits per heavy atom. The van der Waals surface area contributed by atoms with Crippen molar-refractivity contribution in [3.8, 4) is 22.8 Å². The number of benzene rings is 3. The first kappa shape index (κ1) is 16.3. The predicted molar refractivity (Wildman–Crippen MR) is 92.4 cm³/mol. The van der Waals surface area contributed by atoms with Gasteiger partial charge in [0.15, 0.2) is 0 Å². The Bertz CT molecular complexity index is 1080. The van der Waals surface area contributed by atoms with Crippen molar-refractivity contribution in [3.63, 3.8) is 0 Å². The highest BCUT2D eigenvalue weighted by molar-refractivity contribution is 5.96. The minimum atomic E-state index is -4.37. The van der Waals surface area contributed by atoms with Crippen molar-refractivity contribution in [2.45, 2.75) is 13.1 Å². The molecule has 130 valence electrons. The number of rotatable bonds is 2. The van der Waals surface area contributed by atoms with Crippen LogP contribution in [0.25, 0.3) is 33.6 Å². The van der Waals surface area contributed by atoms with Gasteiger partial charge in [-0.05, 0) is 41.5 Å². The highest BCUT2D eigenvalue weighted by atomic mass is 19.4. The molecular weight excluding hydrogens is 341 g/mol. The van der Waals surface area contributed by atoms with Crippen LogP contribution < -0.4 is 0 Å². The topological polar surface area (TPSA) is 38.9 Å². The van der Waals surface area contributed by atoms with E-state index in [1.54, 1.807) is 0 Å². The third-order valence-electron chi connectivity index (χ3n) is 4.27. The van der Waals surface area contributed by atoms with E-state index >= 15 is 0 Å². The van der Waals surface area contributed by atoms with Crippen LogP contribution in [0.5, 0.6) is 0 Å². The van der Waals surface area contributed by atoms with Gasteiger partial charge in [0.25, 0.3) is 5.89 Å². The maximum atomic E-state index is 12.7. The van der Waals surface area contributed by atoms with E-state index < -0.39 is 11.7 Å². The van der Waals surface area contributed by atoms with Crippen molar-refractivity contribution in [1.29, 1.82) is 0 Å². The lowest BCUT2D eigenvalue weighted by atomic mass is 10.0. The summed E-state index contributed by atoms with van der Waals surface area (Å²) in [5, 5.41) is 5.98. The molecule has 1 aromatic heterocycles. The first-order valence-corrected chi connectivity index (χ1v) is 7.93. The molecule has 3 nitrogen and oxygen atoms in total. The zero-order chi connectivity index (χ0) is 18.3. The summed E-state index contributed by atoms with van der Waals surface area (Å²) in [6, 6.07) is 16.4. The Labute approximate surface area is 147 Å². The lowest BCUT2D eigenvalue weighted by Gasteiger charge is -2.06. The fraction of sp³-hybridized carbons (Fsp3) is 0.100. The van der Waals surface area contributed by atoms with E-state index in [-0.39, 0.29) is 5.82 Å². The molecule has 0 aliphatic carbocycles.